The summed E-state index contributed by atoms with van der Waals surface area (Å²) in [6, 6.07) is 7.73. The second-order valence-electron chi connectivity index (χ2n) is 4.24. The molecule has 2 aromatic rings. The van der Waals surface area contributed by atoms with Gasteiger partial charge in [0.05, 0.1) is 0 Å². The number of nitrogens with zero attached hydrogens (tertiary/aromatic N) is 1. The van der Waals surface area contributed by atoms with Crippen LogP contribution in [0.3, 0.4) is 0 Å². The van der Waals surface area contributed by atoms with Crippen LogP contribution >= 0.6 is 0 Å². The van der Waals surface area contributed by atoms with Gasteiger partial charge in [-0.1, -0.05) is 12.1 Å². The van der Waals surface area contributed by atoms with E-state index in [0.717, 1.165) is 11.1 Å². The summed E-state index contributed by atoms with van der Waals surface area (Å²) in [7, 11) is 0. The van der Waals surface area contributed by atoms with Gasteiger partial charge in [0.2, 0.25) is 0 Å². The van der Waals surface area contributed by atoms with Gasteiger partial charge >= 0.3 is 0 Å². The molecule has 0 saturated carbocycles. The van der Waals surface area contributed by atoms with E-state index in [0.29, 0.717) is 12.3 Å². The van der Waals surface area contributed by atoms with Crippen LogP contribution in [0.2, 0.25) is 0 Å². The quantitative estimate of drug-likeness (QED) is 0.789. The summed E-state index contributed by atoms with van der Waals surface area (Å²) in [6.07, 6.45) is 0.654. The highest BCUT2D eigenvalue weighted by molar-refractivity contribution is 5.72. The zero-order valence-corrected chi connectivity index (χ0v) is 8.45. The Labute approximate surface area is 82.9 Å². The van der Waals surface area contributed by atoms with Gasteiger partial charge in [-0.25, -0.2) is 4.98 Å². The van der Waals surface area contributed by atoms with Crippen molar-refractivity contribution in [2.24, 2.45) is 5.73 Å². The van der Waals surface area contributed by atoms with Gasteiger partial charge in [-0.2, -0.15) is 0 Å². The van der Waals surface area contributed by atoms with Gasteiger partial charge in [-0.3, -0.25) is 0 Å². The number of nitrogens with two attached hydrogens (primary N) is 1. The zero-order chi connectivity index (χ0) is 10.2. The minimum absolute atomic E-state index is 0.277. The molecule has 74 valence electrons. The Bertz CT molecular complexity index is 407. The van der Waals surface area contributed by atoms with Crippen molar-refractivity contribution >= 4 is 11.1 Å². The molecule has 0 radical (unpaired) electrons. The average molecular weight is 190 g/mol. The van der Waals surface area contributed by atoms with Crippen LogP contribution < -0.4 is 5.73 Å². The molecule has 1 aromatic heterocycles. The largest absolute Gasteiger partial charge is 0.441 e. The fourth-order valence-electron chi connectivity index (χ4n) is 1.39. The molecule has 0 aliphatic heterocycles. The van der Waals surface area contributed by atoms with Crippen molar-refractivity contribution in [1.82, 2.24) is 4.98 Å². The summed E-state index contributed by atoms with van der Waals surface area (Å²) in [6.45, 7) is 3.92. The highest BCUT2D eigenvalue weighted by atomic mass is 16.3. The highest BCUT2D eigenvalue weighted by Gasteiger charge is 2.15. The van der Waals surface area contributed by atoms with Crippen molar-refractivity contribution in [3.05, 3.63) is 30.2 Å². The first-order valence-corrected chi connectivity index (χ1v) is 4.68. The third-order valence-corrected chi connectivity index (χ3v) is 1.95. The Morgan fingerprint density at radius 3 is 2.71 bits per heavy atom. The Morgan fingerprint density at radius 2 is 2.07 bits per heavy atom. The molecule has 0 unspecified atom stereocenters. The molecule has 0 aliphatic rings. The van der Waals surface area contributed by atoms with E-state index in [-0.39, 0.29) is 5.54 Å². The SMILES string of the molecule is CC(C)(N)Cc1nc2ccccc2o1. The fourth-order valence-corrected chi connectivity index (χ4v) is 1.39. The molecular formula is C11H14N2O. The van der Waals surface area contributed by atoms with Crippen LogP contribution in [0, 0.1) is 0 Å². The maximum Gasteiger partial charge on any atom is 0.197 e. The Hall–Kier alpha value is -1.35. The molecule has 2 N–H and O–H groups in total. The second-order valence-corrected chi connectivity index (χ2v) is 4.24. The molecule has 0 amide bonds. The molecule has 0 spiro atoms. The number of hydrogen-bond donors (Lipinski definition) is 1. The van der Waals surface area contributed by atoms with Crippen molar-refractivity contribution in [3.63, 3.8) is 0 Å². The fraction of sp³-hybridized carbons (Fsp3) is 0.364. The lowest BCUT2D eigenvalue weighted by Crippen LogP contribution is -2.34. The number of aromatic nitrogens is 1. The van der Waals surface area contributed by atoms with Crippen molar-refractivity contribution in [3.8, 4) is 0 Å². The summed E-state index contributed by atoms with van der Waals surface area (Å²) >= 11 is 0. The van der Waals surface area contributed by atoms with Crippen molar-refractivity contribution in [2.75, 3.05) is 0 Å². The maximum atomic E-state index is 5.89. The number of hydrogen-bond acceptors (Lipinski definition) is 3. The van der Waals surface area contributed by atoms with Gasteiger partial charge in [-0.15, -0.1) is 0 Å². The maximum absolute atomic E-state index is 5.89. The molecule has 0 fully saturated rings. The Morgan fingerprint density at radius 1 is 1.36 bits per heavy atom. The van der Waals surface area contributed by atoms with Crippen molar-refractivity contribution in [1.29, 1.82) is 0 Å². The van der Waals surface area contributed by atoms with Crippen LogP contribution in [0.4, 0.5) is 0 Å². The lowest BCUT2D eigenvalue weighted by Gasteiger charge is -2.14. The molecule has 0 saturated heterocycles. The second kappa shape index (κ2) is 3.10. The lowest BCUT2D eigenvalue weighted by atomic mass is 10.0. The molecule has 14 heavy (non-hydrogen) atoms. The van der Waals surface area contributed by atoms with E-state index in [1.165, 1.54) is 0 Å². The summed E-state index contributed by atoms with van der Waals surface area (Å²) in [4.78, 5) is 4.35. The highest BCUT2D eigenvalue weighted by Crippen LogP contribution is 2.17. The topological polar surface area (TPSA) is 52.0 Å². The van der Waals surface area contributed by atoms with E-state index in [4.69, 9.17) is 10.2 Å². The first-order chi connectivity index (χ1) is 6.54. The normalized spacial score (nSPS) is 12.2. The van der Waals surface area contributed by atoms with Gasteiger partial charge in [0.25, 0.3) is 0 Å². The third kappa shape index (κ3) is 1.93. The van der Waals surface area contributed by atoms with E-state index in [1.807, 2.05) is 38.1 Å². The lowest BCUT2D eigenvalue weighted by molar-refractivity contribution is 0.433. The van der Waals surface area contributed by atoms with Gasteiger partial charge in [-0.05, 0) is 26.0 Å². The van der Waals surface area contributed by atoms with E-state index in [1.54, 1.807) is 0 Å². The summed E-state index contributed by atoms with van der Waals surface area (Å²) in [5.74, 6) is 0.707. The predicted octanol–water partition coefficient (Wildman–Crippen LogP) is 2.11. The predicted molar refractivity (Wildman–Crippen MR) is 56.0 cm³/mol. The summed E-state index contributed by atoms with van der Waals surface area (Å²) in [5.41, 5.74) is 7.33. The van der Waals surface area contributed by atoms with Crippen LogP contribution in [-0.4, -0.2) is 10.5 Å². The van der Waals surface area contributed by atoms with Crippen LogP contribution in [0.5, 0.6) is 0 Å². The molecule has 0 bridgehead atoms. The average Bonchev–Trinajstić information content (AvgIpc) is 2.42. The Kier molecular flexibility index (Phi) is 2.04. The minimum atomic E-state index is -0.277. The molecular weight excluding hydrogens is 176 g/mol. The van der Waals surface area contributed by atoms with E-state index in [9.17, 15) is 0 Å². The zero-order valence-electron chi connectivity index (χ0n) is 8.45. The standard InChI is InChI=1S/C11H14N2O/c1-11(2,12)7-10-13-8-5-3-4-6-9(8)14-10/h3-6H,7,12H2,1-2H3. The first kappa shape index (κ1) is 9.21. The number of para-hydroxylation sites is 2. The smallest absolute Gasteiger partial charge is 0.197 e. The van der Waals surface area contributed by atoms with E-state index in [2.05, 4.69) is 4.98 Å². The number of rotatable bonds is 2. The first-order valence-electron chi connectivity index (χ1n) is 4.68. The molecule has 1 aromatic carbocycles. The van der Waals surface area contributed by atoms with Crippen LogP contribution in [0.1, 0.15) is 19.7 Å². The molecule has 1 heterocycles. The molecule has 2 rings (SSSR count). The molecule has 0 atom stereocenters. The molecule has 3 nitrogen and oxygen atoms in total. The van der Waals surface area contributed by atoms with Crippen LogP contribution in [0.15, 0.2) is 28.7 Å². The van der Waals surface area contributed by atoms with E-state index >= 15 is 0 Å². The molecule has 0 aliphatic carbocycles. The minimum Gasteiger partial charge on any atom is -0.441 e. The number of benzene rings is 1. The summed E-state index contributed by atoms with van der Waals surface area (Å²) < 4.78 is 5.55. The van der Waals surface area contributed by atoms with E-state index < -0.39 is 0 Å². The summed E-state index contributed by atoms with van der Waals surface area (Å²) in [5, 5.41) is 0. The third-order valence-electron chi connectivity index (χ3n) is 1.95. The van der Waals surface area contributed by atoms with Gasteiger partial charge in [0, 0.05) is 12.0 Å². The monoisotopic (exact) mass is 190 g/mol. The van der Waals surface area contributed by atoms with Crippen molar-refractivity contribution < 1.29 is 4.42 Å². The van der Waals surface area contributed by atoms with Crippen molar-refractivity contribution in [2.45, 2.75) is 25.8 Å². The van der Waals surface area contributed by atoms with Gasteiger partial charge in [0.15, 0.2) is 11.5 Å². The number of oxazole rings is 1. The Balaban J connectivity index is 2.36. The van der Waals surface area contributed by atoms with Gasteiger partial charge < -0.3 is 10.2 Å². The number of fused-ring (bicyclic) bond motifs is 1. The van der Waals surface area contributed by atoms with Gasteiger partial charge in [0.1, 0.15) is 5.52 Å². The van der Waals surface area contributed by atoms with Crippen LogP contribution in [0.25, 0.3) is 11.1 Å². The molecule has 3 heteroatoms. The van der Waals surface area contributed by atoms with Crippen LogP contribution in [-0.2, 0) is 6.42 Å².